The highest BCUT2D eigenvalue weighted by atomic mass is 35.5. The monoisotopic (exact) mass is 363 g/mol. The van der Waals surface area contributed by atoms with Crippen LogP contribution in [0.2, 0.25) is 10.0 Å². The van der Waals surface area contributed by atoms with Crippen molar-refractivity contribution >= 4 is 34.4 Å². The van der Waals surface area contributed by atoms with Gasteiger partial charge in [0.1, 0.15) is 6.07 Å². The van der Waals surface area contributed by atoms with E-state index in [2.05, 4.69) is 4.98 Å². The van der Waals surface area contributed by atoms with Crippen LogP contribution in [0.25, 0.3) is 11.2 Å². The summed E-state index contributed by atoms with van der Waals surface area (Å²) in [6, 6.07) is 6.79. The van der Waals surface area contributed by atoms with Gasteiger partial charge in [-0.1, -0.05) is 29.3 Å². The van der Waals surface area contributed by atoms with E-state index in [1.807, 2.05) is 6.07 Å². The Hall–Kier alpha value is -2.56. The number of hydrogen-bond acceptors (Lipinski definition) is 4. The molecule has 0 spiro atoms. The smallest absolute Gasteiger partial charge is 0.313 e. The van der Waals surface area contributed by atoms with Crippen LogP contribution in [0.1, 0.15) is 11.4 Å². The number of fused-ring (bicyclic) bond motifs is 1. The molecule has 2 heterocycles. The first kappa shape index (κ1) is 16.3. The van der Waals surface area contributed by atoms with Gasteiger partial charge < -0.3 is 4.57 Å². The summed E-state index contributed by atoms with van der Waals surface area (Å²) in [4.78, 5) is 29.3. The Morgan fingerprint density at radius 2 is 1.88 bits per heavy atom. The number of nitrogens with zero attached hydrogens (tertiary/aromatic N) is 5. The van der Waals surface area contributed by atoms with E-state index < -0.39 is 11.2 Å². The SMILES string of the molecule is Cn1c(C#N)nc2c1c(=O)n(Cc1ccc(Cl)c(Cl)c1)c(=O)n2C. The zero-order valence-corrected chi connectivity index (χ0v) is 14.3. The molecule has 0 atom stereocenters. The highest BCUT2D eigenvalue weighted by Gasteiger charge is 2.18. The van der Waals surface area contributed by atoms with E-state index in [1.165, 1.54) is 16.2 Å². The zero-order valence-electron chi connectivity index (χ0n) is 12.7. The Kier molecular flexibility index (Phi) is 3.95. The van der Waals surface area contributed by atoms with Crippen LogP contribution in [-0.2, 0) is 20.6 Å². The lowest BCUT2D eigenvalue weighted by Crippen LogP contribution is -2.39. The third-order valence-electron chi connectivity index (χ3n) is 3.78. The van der Waals surface area contributed by atoms with Crippen molar-refractivity contribution in [3.05, 3.63) is 60.5 Å². The van der Waals surface area contributed by atoms with E-state index in [-0.39, 0.29) is 23.5 Å². The van der Waals surface area contributed by atoms with E-state index >= 15 is 0 Å². The summed E-state index contributed by atoms with van der Waals surface area (Å²) in [6.45, 7) is 0.0331. The quantitative estimate of drug-likeness (QED) is 0.692. The molecule has 0 aliphatic rings. The van der Waals surface area contributed by atoms with Crippen LogP contribution >= 0.6 is 23.2 Å². The van der Waals surface area contributed by atoms with E-state index in [9.17, 15) is 9.59 Å². The number of hydrogen-bond donors (Lipinski definition) is 0. The molecule has 0 bridgehead atoms. The highest BCUT2D eigenvalue weighted by Crippen LogP contribution is 2.22. The minimum atomic E-state index is -0.527. The molecule has 7 nitrogen and oxygen atoms in total. The van der Waals surface area contributed by atoms with Crippen LogP contribution in [-0.4, -0.2) is 18.7 Å². The molecule has 2 aromatic heterocycles. The van der Waals surface area contributed by atoms with E-state index in [0.717, 1.165) is 4.57 Å². The molecule has 122 valence electrons. The van der Waals surface area contributed by atoms with Gasteiger partial charge in [-0.15, -0.1) is 0 Å². The van der Waals surface area contributed by atoms with Crippen molar-refractivity contribution in [2.45, 2.75) is 6.54 Å². The fourth-order valence-corrected chi connectivity index (χ4v) is 2.82. The molecular weight excluding hydrogens is 353 g/mol. The maximum Gasteiger partial charge on any atom is 0.332 e. The zero-order chi connectivity index (χ0) is 17.6. The van der Waals surface area contributed by atoms with Gasteiger partial charge in [0.2, 0.25) is 5.82 Å². The van der Waals surface area contributed by atoms with Gasteiger partial charge in [0.25, 0.3) is 5.56 Å². The molecule has 0 aliphatic carbocycles. The summed E-state index contributed by atoms with van der Waals surface area (Å²) in [7, 11) is 3.06. The largest absolute Gasteiger partial charge is 0.332 e. The van der Waals surface area contributed by atoms with Crippen LogP contribution in [0, 0.1) is 11.3 Å². The van der Waals surface area contributed by atoms with Gasteiger partial charge in [-0.3, -0.25) is 13.9 Å². The van der Waals surface area contributed by atoms with E-state index in [4.69, 9.17) is 28.5 Å². The summed E-state index contributed by atoms with van der Waals surface area (Å²) in [6.07, 6.45) is 0. The number of nitriles is 1. The minimum Gasteiger partial charge on any atom is -0.313 e. The molecule has 0 saturated carbocycles. The third kappa shape index (κ3) is 2.40. The molecule has 1 aromatic carbocycles. The topological polar surface area (TPSA) is 85.6 Å². The first-order chi connectivity index (χ1) is 11.3. The Morgan fingerprint density at radius 1 is 1.17 bits per heavy atom. The Labute approximate surface area is 145 Å². The van der Waals surface area contributed by atoms with Gasteiger partial charge in [0, 0.05) is 14.1 Å². The van der Waals surface area contributed by atoms with Crippen molar-refractivity contribution in [2.75, 3.05) is 0 Å². The number of imidazole rings is 1. The van der Waals surface area contributed by atoms with Crippen LogP contribution in [0.15, 0.2) is 27.8 Å². The van der Waals surface area contributed by atoms with E-state index in [0.29, 0.717) is 15.6 Å². The van der Waals surface area contributed by atoms with Crippen molar-refractivity contribution in [1.82, 2.24) is 18.7 Å². The number of aryl methyl sites for hydroxylation is 2. The second kappa shape index (κ2) is 5.82. The predicted octanol–water partition coefficient (Wildman–Crippen LogP) is 1.66. The Balaban J connectivity index is 2.27. The number of halogens is 2. The van der Waals surface area contributed by atoms with Gasteiger partial charge in [-0.05, 0) is 17.7 Å². The average molecular weight is 364 g/mol. The van der Waals surface area contributed by atoms with Crippen LogP contribution in [0.5, 0.6) is 0 Å². The van der Waals surface area contributed by atoms with Crippen LogP contribution < -0.4 is 11.2 Å². The maximum absolute atomic E-state index is 12.7. The highest BCUT2D eigenvalue weighted by molar-refractivity contribution is 6.42. The fraction of sp³-hybridized carbons (Fsp3) is 0.200. The van der Waals surface area contributed by atoms with Crippen molar-refractivity contribution in [2.24, 2.45) is 14.1 Å². The lowest BCUT2D eigenvalue weighted by molar-refractivity contribution is 0.655. The molecule has 9 heteroatoms. The molecule has 24 heavy (non-hydrogen) atoms. The molecule has 0 unspecified atom stereocenters. The van der Waals surface area contributed by atoms with Crippen molar-refractivity contribution in [3.8, 4) is 6.07 Å². The molecule has 0 saturated heterocycles. The van der Waals surface area contributed by atoms with Gasteiger partial charge in [-0.25, -0.2) is 9.78 Å². The van der Waals surface area contributed by atoms with Crippen molar-refractivity contribution in [1.29, 1.82) is 5.26 Å². The molecular formula is C15H11Cl2N5O2. The van der Waals surface area contributed by atoms with Gasteiger partial charge >= 0.3 is 5.69 Å². The lowest BCUT2D eigenvalue weighted by Gasteiger charge is -2.09. The summed E-state index contributed by atoms with van der Waals surface area (Å²) in [5.74, 6) is 0.0596. The van der Waals surface area contributed by atoms with Crippen LogP contribution in [0.4, 0.5) is 0 Å². The van der Waals surface area contributed by atoms with Gasteiger partial charge in [0.05, 0.1) is 16.6 Å². The van der Waals surface area contributed by atoms with Crippen LogP contribution in [0.3, 0.4) is 0 Å². The first-order valence-corrected chi connectivity index (χ1v) is 7.61. The lowest BCUT2D eigenvalue weighted by atomic mass is 10.2. The standard InChI is InChI=1S/C15H11Cl2N5O2/c1-20-11(6-18)19-13-12(20)14(23)22(15(24)21(13)2)7-8-3-4-9(16)10(17)5-8/h3-5H,7H2,1-2H3. The predicted molar refractivity (Wildman–Crippen MR) is 90.5 cm³/mol. The average Bonchev–Trinajstić information content (AvgIpc) is 2.89. The second-order valence-electron chi connectivity index (χ2n) is 5.26. The second-order valence-corrected chi connectivity index (χ2v) is 6.07. The van der Waals surface area contributed by atoms with Gasteiger partial charge in [-0.2, -0.15) is 5.26 Å². The molecule has 0 fully saturated rings. The number of benzene rings is 1. The van der Waals surface area contributed by atoms with Crippen molar-refractivity contribution < 1.29 is 0 Å². The number of rotatable bonds is 2. The van der Waals surface area contributed by atoms with Crippen molar-refractivity contribution in [3.63, 3.8) is 0 Å². The molecule has 0 radical (unpaired) electrons. The molecule has 3 aromatic rings. The van der Waals surface area contributed by atoms with Gasteiger partial charge in [0.15, 0.2) is 11.2 Å². The molecule has 0 amide bonds. The summed E-state index contributed by atoms with van der Waals surface area (Å²) < 4.78 is 3.70. The number of aromatic nitrogens is 4. The molecule has 0 aliphatic heterocycles. The van der Waals surface area contributed by atoms with E-state index in [1.54, 1.807) is 25.2 Å². The summed E-state index contributed by atoms with van der Waals surface area (Å²) >= 11 is 11.9. The summed E-state index contributed by atoms with van der Waals surface area (Å²) in [5.41, 5.74) is -0.0226. The molecule has 3 rings (SSSR count). The first-order valence-electron chi connectivity index (χ1n) is 6.85. The molecule has 0 N–H and O–H groups in total. The maximum atomic E-state index is 12.7. The Morgan fingerprint density at radius 3 is 2.50 bits per heavy atom. The normalized spacial score (nSPS) is 11.0. The minimum absolute atomic E-state index is 0.0331. The third-order valence-corrected chi connectivity index (χ3v) is 4.52. The Bertz CT molecular complexity index is 1130. The summed E-state index contributed by atoms with van der Waals surface area (Å²) in [5, 5.41) is 9.81. The fourth-order valence-electron chi connectivity index (χ4n) is 2.50.